The van der Waals surface area contributed by atoms with E-state index in [1.165, 1.54) is 36.8 Å². The van der Waals surface area contributed by atoms with Crippen LogP contribution in [0.4, 0.5) is 33.5 Å². The highest BCUT2D eigenvalue weighted by molar-refractivity contribution is 5.55. The van der Waals surface area contributed by atoms with Crippen LogP contribution in [0.15, 0.2) is 49.1 Å². The highest BCUT2D eigenvalue weighted by Crippen LogP contribution is 2.21. The van der Waals surface area contributed by atoms with E-state index >= 15 is 0 Å². The zero-order chi connectivity index (χ0) is 21.3. The summed E-state index contributed by atoms with van der Waals surface area (Å²) in [5, 5.41) is 2.81. The maximum absolute atomic E-state index is 13.7. The topological polar surface area (TPSA) is 81.8 Å². The van der Waals surface area contributed by atoms with Gasteiger partial charge in [-0.25, -0.2) is 14.4 Å². The van der Waals surface area contributed by atoms with Crippen LogP contribution < -0.4 is 14.6 Å². The van der Waals surface area contributed by atoms with Gasteiger partial charge < -0.3 is 10.1 Å². The van der Waals surface area contributed by atoms with E-state index in [0.717, 1.165) is 21.5 Å². The summed E-state index contributed by atoms with van der Waals surface area (Å²) in [7, 11) is 0. The van der Waals surface area contributed by atoms with Crippen molar-refractivity contribution in [1.29, 1.82) is 0 Å². The van der Waals surface area contributed by atoms with E-state index in [2.05, 4.69) is 30.0 Å². The summed E-state index contributed by atoms with van der Waals surface area (Å²) < 4.78 is 71.2. The number of fused-ring (bicyclic) bond motifs is 1. The molecule has 0 amide bonds. The molecule has 0 saturated heterocycles. The third-order valence-electron chi connectivity index (χ3n) is 3.79. The maximum Gasteiger partial charge on any atom is 0.388 e. The Bertz CT molecular complexity index is 1180. The number of aromatic nitrogens is 6. The molecule has 4 aromatic heterocycles. The Kier molecular flexibility index (Phi) is 5.08. The van der Waals surface area contributed by atoms with Crippen molar-refractivity contribution in [2.45, 2.75) is 13.0 Å². The molecule has 30 heavy (non-hydrogen) atoms. The number of ether oxygens (including phenoxy) is 1. The van der Waals surface area contributed by atoms with Crippen molar-refractivity contribution < 1.29 is 31.2 Å². The first kappa shape index (κ1) is 19.4. The van der Waals surface area contributed by atoms with Crippen molar-refractivity contribution in [2.24, 2.45) is 0 Å². The summed E-state index contributed by atoms with van der Waals surface area (Å²) in [5.41, 5.74) is 0.442. The van der Waals surface area contributed by atoms with Crippen LogP contribution in [0.5, 0.6) is 5.88 Å². The van der Waals surface area contributed by atoms with Gasteiger partial charge in [0.15, 0.2) is 23.6 Å². The second kappa shape index (κ2) is 7.85. The van der Waals surface area contributed by atoms with E-state index in [1.54, 1.807) is 0 Å². The van der Waals surface area contributed by atoms with Crippen molar-refractivity contribution in [1.82, 2.24) is 24.6 Å². The smallest absolute Gasteiger partial charge is 0.388 e. The molecule has 4 rings (SSSR count). The molecule has 0 spiro atoms. The summed E-state index contributed by atoms with van der Waals surface area (Å²) in [6.45, 7) is -3.00. The lowest BCUT2D eigenvalue weighted by atomic mass is 10.4. The Balaban J connectivity index is 1.69. The standard InChI is InChI=1S/C17H11F5N7O/c18-9-1-3-12-27-16(15(19)20)29(28(12)8-9)13-7-23-6-11(26-13)25-10-2-4-14(24-5-10)30-17(21)22/h1-8,15,17H,(H,25,26)/q+1. The van der Waals surface area contributed by atoms with Crippen LogP contribution in [0, 0.1) is 5.82 Å². The average Bonchev–Trinajstić information content (AvgIpc) is 3.08. The number of anilines is 2. The first-order chi connectivity index (χ1) is 14.4. The van der Waals surface area contributed by atoms with Crippen LogP contribution >= 0.6 is 0 Å². The zero-order valence-electron chi connectivity index (χ0n) is 14.8. The number of alkyl halides is 4. The molecule has 0 bridgehead atoms. The molecule has 154 valence electrons. The molecule has 4 aromatic rings. The minimum Gasteiger partial charge on any atom is -0.417 e. The molecule has 0 unspecified atom stereocenters. The average molecular weight is 424 g/mol. The largest absolute Gasteiger partial charge is 0.417 e. The zero-order valence-corrected chi connectivity index (χ0v) is 14.8. The van der Waals surface area contributed by atoms with Gasteiger partial charge in [0.2, 0.25) is 5.88 Å². The summed E-state index contributed by atoms with van der Waals surface area (Å²) in [6.07, 6.45) is 1.75. The van der Waals surface area contributed by atoms with Crippen LogP contribution in [0.1, 0.15) is 12.2 Å². The predicted octanol–water partition coefficient (Wildman–Crippen LogP) is 3.22. The number of nitrogens with one attached hydrogen (secondary N) is 1. The summed E-state index contributed by atoms with van der Waals surface area (Å²) in [6, 6.07) is 4.96. The van der Waals surface area contributed by atoms with Gasteiger partial charge in [-0.1, -0.05) is 0 Å². The molecule has 0 aromatic carbocycles. The third kappa shape index (κ3) is 3.94. The molecule has 8 nitrogen and oxygen atoms in total. The Morgan fingerprint density at radius 2 is 1.83 bits per heavy atom. The van der Waals surface area contributed by atoms with Crippen LogP contribution in [-0.2, 0) is 0 Å². The van der Waals surface area contributed by atoms with E-state index in [4.69, 9.17) is 0 Å². The van der Waals surface area contributed by atoms with Gasteiger partial charge in [-0.3, -0.25) is 4.98 Å². The molecule has 4 heterocycles. The molecule has 0 fully saturated rings. The fraction of sp³-hybridized carbons (Fsp3) is 0.118. The molecular weight excluding hydrogens is 413 g/mol. The van der Waals surface area contributed by atoms with Crippen molar-refractivity contribution in [3.8, 4) is 11.7 Å². The Morgan fingerprint density at radius 3 is 2.53 bits per heavy atom. The predicted molar refractivity (Wildman–Crippen MR) is 91.4 cm³/mol. The second-order valence-corrected chi connectivity index (χ2v) is 5.78. The summed E-state index contributed by atoms with van der Waals surface area (Å²) in [4.78, 5) is 15.7. The van der Waals surface area contributed by atoms with E-state index in [-0.39, 0.29) is 23.2 Å². The molecule has 0 aliphatic heterocycles. The monoisotopic (exact) mass is 424 g/mol. The lowest BCUT2D eigenvalue weighted by Gasteiger charge is -2.08. The van der Waals surface area contributed by atoms with Crippen LogP contribution in [0.25, 0.3) is 11.5 Å². The van der Waals surface area contributed by atoms with Crippen LogP contribution in [0.2, 0.25) is 0 Å². The second-order valence-electron chi connectivity index (χ2n) is 5.78. The number of rotatable bonds is 6. The lowest BCUT2D eigenvalue weighted by Crippen LogP contribution is -2.33. The van der Waals surface area contributed by atoms with Gasteiger partial charge in [-0.15, -0.1) is 9.20 Å². The van der Waals surface area contributed by atoms with Gasteiger partial charge >= 0.3 is 24.5 Å². The van der Waals surface area contributed by atoms with E-state index in [1.807, 2.05) is 0 Å². The Hall–Kier alpha value is -3.90. The maximum atomic E-state index is 13.7. The molecule has 0 atom stereocenters. The van der Waals surface area contributed by atoms with E-state index in [0.29, 0.717) is 5.69 Å². The molecule has 0 aliphatic carbocycles. The van der Waals surface area contributed by atoms with Gasteiger partial charge in [0.25, 0.3) is 0 Å². The number of pyridine rings is 2. The fourth-order valence-corrected chi connectivity index (χ4v) is 2.63. The Morgan fingerprint density at radius 1 is 1.00 bits per heavy atom. The molecular formula is C17H11F5N7O+. The first-order valence-electron chi connectivity index (χ1n) is 8.29. The number of nitrogens with zero attached hydrogens (tertiary/aromatic N) is 6. The van der Waals surface area contributed by atoms with Gasteiger partial charge in [0.05, 0.1) is 24.3 Å². The Labute approximate surface area is 164 Å². The van der Waals surface area contributed by atoms with Crippen LogP contribution in [0.3, 0.4) is 0 Å². The fourth-order valence-electron chi connectivity index (χ4n) is 2.63. The lowest BCUT2D eigenvalue weighted by molar-refractivity contribution is -0.602. The molecule has 0 saturated carbocycles. The molecule has 13 heteroatoms. The van der Waals surface area contributed by atoms with Crippen LogP contribution in [-0.4, -0.2) is 31.2 Å². The third-order valence-corrected chi connectivity index (χ3v) is 3.79. The summed E-state index contributed by atoms with van der Waals surface area (Å²) in [5.74, 6) is -1.51. The summed E-state index contributed by atoms with van der Waals surface area (Å²) >= 11 is 0. The minimum absolute atomic E-state index is 0.0565. The van der Waals surface area contributed by atoms with E-state index in [9.17, 15) is 22.0 Å². The van der Waals surface area contributed by atoms with E-state index < -0.39 is 24.7 Å². The molecule has 1 N–H and O–H groups in total. The first-order valence-corrected chi connectivity index (χ1v) is 8.29. The quantitative estimate of drug-likeness (QED) is 0.378. The van der Waals surface area contributed by atoms with Crippen molar-refractivity contribution in [3.05, 3.63) is 60.7 Å². The van der Waals surface area contributed by atoms with Gasteiger partial charge in [-0.2, -0.15) is 17.6 Å². The van der Waals surface area contributed by atoms with Gasteiger partial charge in [0, 0.05) is 12.1 Å². The van der Waals surface area contributed by atoms with Gasteiger partial charge in [-0.05, 0) is 17.1 Å². The van der Waals surface area contributed by atoms with Crippen molar-refractivity contribution >= 4 is 17.2 Å². The van der Waals surface area contributed by atoms with Gasteiger partial charge in [0.1, 0.15) is 0 Å². The highest BCUT2D eigenvalue weighted by atomic mass is 19.3. The number of halogens is 5. The minimum atomic E-state index is -3.00. The SMILES string of the molecule is Fc1ccc2nc(C(F)F)n(-c3cncc(Nc4ccc(OC(F)F)nc4)n3)[n+]2c1. The van der Waals surface area contributed by atoms with Crippen molar-refractivity contribution in [3.63, 3.8) is 0 Å². The number of hydrogen-bond acceptors (Lipinski definition) is 6. The molecule has 0 aliphatic rings. The highest BCUT2D eigenvalue weighted by Gasteiger charge is 2.30. The number of hydrogen-bond donors (Lipinski definition) is 1. The molecule has 0 radical (unpaired) electrons. The van der Waals surface area contributed by atoms with Crippen molar-refractivity contribution in [2.75, 3.05) is 5.32 Å². The normalized spacial score (nSPS) is 11.4.